The molecule has 1 heterocycles. The lowest BCUT2D eigenvalue weighted by molar-refractivity contribution is 0.150. The molecule has 1 atom stereocenters. The first-order valence-corrected chi connectivity index (χ1v) is 5.29. The van der Waals surface area contributed by atoms with Gasteiger partial charge in [-0.2, -0.15) is 0 Å². The number of hydrogen-bond acceptors (Lipinski definition) is 3. The molecule has 0 bridgehead atoms. The Hall–Kier alpha value is -1.09. The fourth-order valence-corrected chi connectivity index (χ4v) is 2.13. The molecule has 2 rings (SSSR count). The van der Waals surface area contributed by atoms with Crippen molar-refractivity contribution in [1.82, 2.24) is 4.98 Å². The molecular formula is C12H17NO2. The first kappa shape index (κ1) is 10.4. The molecule has 0 aliphatic heterocycles. The molecule has 1 aliphatic rings. The average molecular weight is 207 g/mol. The van der Waals surface area contributed by atoms with E-state index in [2.05, 4.69) is 11.1 Å². The van der Waals surface area contributed by atoms with Crippen LogP contribution in [0.3, 0.4) is 0 Å². The van der Waals surface area contributed by atoms with E-state index in [9.17, 15) is 5.11 Å². The Morgan fingerprint density at radius 1 is 1.53 bits per heavy atom. The molecule has 0 spiro atoms. The molecule has 1 aromatic rings. The van der Waals surface area contributed by atoms with Crippen molar-refractivity contribution in [3.8, 4) is 5.88 Å². The van der Waals surface area contributed by atoms with Crippen LogP contribution in [0.5, 0.6) is 5.88 Å². The number of ether oxygens (including phenoxy) is 1. The SMILES string of the molecule is COc1ncc(C2(C(C)O)CC2)cc1C. The molecule has 1 fully saturated rings. The summed E-state index contributed by atoms with van der Waals surface area (Å²) in [5, 5.41) is 9.75. The molecule has 1 aromatic heterocycles. The van der Waals surface area contributed by atoms with Crippen LogP contribution in [0.15, 0.2) is 12.3 Å². The normalized spacial score (nSPS) is 19.7. The van der Waals surface area contributed by atoms with Gasteiger partial charge in [-0.05, 0) is 38.3 Å². The Balaban J connectivity index is 2.35. The second-order valence-electron chi connectivity index (χ2n) is 4.38. The third-order valence-electron chi connectivity index (χ3n) is 3.39. The fraction of sp³-hybridized carbons (Fsp3) is 0.583. The number of rotatable bonds is 3. The van der Waals surface area contributed by atoms with Crippen molar-refractivity contribution >= 4 is 0 Å². The van der Waals surface area contributed by atoms with Gasteiger partial charge in [0, 0.05) is 17.2 Å². The molecular weight excluding hydrogens is 190 g/mol. The summed E-state index contributed by atoms with van der Waals surface area (Å²) in [6, 6.07) is 2.07. The maximum atomic E-state index is 9.75. The Bertz CT molecular complexity index is 370. The van der Waals surface area contributed by atoms with Gasteiger partial charge in [-0.25, -0.2) is 4.98 Å². The Morgan fingerprint density at radius 3 is 2.60 bits per heavy atom. The van der Waals surface area contributed by atoms with Crippen LogP contribution in [0, 0.1) is 6.92 Å². The predicted molar refractivity (Wildman–Crippen MR) is 58.1 cm³/mol. The summed E-state index contributed by atoms with van der Waals surface area (Å²) in [6.07, 6.45) is 3.63. The fourth-order valence-electron chi connectivity index (χ4n) is 2.13. The molecule has 0 radical (unpaired) electrons. The maximum absolute atomic E-state index is 9.75. The number of nitrogens with zero attached hydrogens (tertiary/aromatic N) is 1. The summed E-state index contributed by atoms with van der Waals surface area (Å²) in [5.41, 5.74) is 2.13. The van der Waals surface area contributed by atoms with Gasteiger partial charge < -0.3 is 9.84 Å². The van der Waals surface area contributed by atoms with Gasteiger partial charge in [0.15, 0.2) is 0 Å². The van der Waals surface area contributed by atoms with Gasteiger partial charge in [-0.3, -0.25) is 0 Å². The van der Waals surface area contributed by atoms with Gasteiger partial charge in [0.05, 0.1) is 13.2 Å². The van der Waals surface area contributed by atoms with Crippen LogP contribution in [-0.4, -0.2) is 23.3 Å². The van der Waals surface area contributed by atoms with Crippen LogP contribution in [0.1, 0.15) is 30.9 Å². The molecule has 15 heavy (non-hydrogen) atoms. The lowest BCUT2D eigenvalue weighted by atomic mass is 9.91. The second-order valence-corrected chi connectivity index (χ2v) is 4.38. The minimum Gasteiger partial charge on any atom is -0.481 e. The van der Waals surface area contributed by atoms with Crippen molar-refractivity contribution in [3.05, 3.63) is 23.4 Å². The highest BCUT2D eigenvalue weighted by atomic mass is 16.5. The smallest absolute Gasteiger partial charge is 0.215 e. The first-order chi connectivity index (χ1) is 7.10. The lowest BCUT2D eigenvalue weighted by Gasteiger charge is -2.19. The highest BCUT2D eigenvalue weighted by Gasteiger charge is 2.48. The Kier molecular flexibility index (Phi) is 2.43. The van der Waals surface area contributed by atoms with Crippen LogP contribution in [-0.2, 0) is 5.41 Å². The predicted octanol–water partition coefficient (Wildman–Crippen LogP) is 1.81. The van der Waals surface area contributed by atoms with Crippen LogP contribution in [0.4, 0.5) is 0 Å². The summed E-state index contributed by atoms with van der Waals surface area (Å²) in [4.78, 5) is 4.25. The van der Waals surface area contributed by atoms with E-state index in [0.717, 1.165) is 24.0 Å². The first-order valence-electron chi connectivity index (χ1n) is 5.29. The van der Waals surface area contributed by atoms with Gasteiger partial charge in [0.25, 0.3) is 0 Å². The van der Waals surface area contributed by atoms with Crippen molar-refractivity contribution < 1.29 is 9.84 Å². The third kappa shape index (κ3) is 1.61. The quantitative estimate of drug-likeness (QED) is 0.822. The van der Waals surface area contributed by atoms with E-state index < -0.39 is 0 Å². The largest absolute Gasteiger partial charge is 0.481 e. The second kappa shape index (κ2) is 3.49. The summed E-state index contributed by atoms with van der Waals surface area (Å²) in [5.74, 6) is 0.667. The lowest BCUT2D eigenvalue weighted by Crippen LogP contribution is -2.22. The number of aryl methyl sites for hydroxylation is 1. The molecule has 1 N–H and O–H groups in total. The Labute approximate surface area is 90.1 Å². The molecule has 0 aromatic carbocycles. The number of methoxy groups -OCH3 is 1. The van der Waals surface area contributed by atoms with Crippen molar-refractivity contribution in [2.45, 2.75) is 38.2 Å². The summed E-state index contributed by atoms with van der Waals surface area (Å²) in [7, 11) is 1.62. The van der Waals surface area contributed by atoms with Crippen molar-refractivity contribution in [1.29, 1.82) is 0 Å². The van der Waals surface area contributed by atoms with E-state index in [0.29, 0.717) is 5.88 Å². The number of pyridine rings is 1. The molecule has 1 saturated carbocycles. The van der Waals surface area contributed by atoms with Gasteiger partial charge in [0.2, 0.25) is 5.88 Å². The van der Waals surface area contributed by atoms with E-state index in [1.165, 1.54) is 0 Å². The highest BCUT2D eigenvalue weighted by Crippen LogP contribution is 2.51. The maximum Gasteiger partial charge on any atom is 0.215 e. The van der Waals surface area contributed by atoms with Gasteiger partial charge in [0.1, 0.15) is 0 Å². The number of aliphatic hydroxyl groups excluding tert-OH is 1. The monoisotopic (exact) mass is 207 g/mol. The van der Waals surface area contributed by atoms with Crippen LogP contribution >= 0.6 is 0 Å². The summed E-state index contributed by atoms with van der Waals surface area (Å²) < 4.78 is 5.12. The topological polar surface area (TPSA) is 42.4 Å². The molecule has 1 aliphatic carbocycles. The van der Waals surface area contributed by atoms with Crippen molar-refractivity contribution in [2.24, 2.45) is 0 Å². The van der Waals surface area contributed by atoms with Gasteiger partial charge in [-0.15, -0.1) is 0 Å². The third-order valence-corrected chi connectivity index (χ3v) is 3.39. The molecule has 3 heteroatoms. The number of aromatic nitrogens is 1. The van der Waals surface area contributed by atoms with E-state index in [1.807, 2.05) is 20.0 Å². The van der Waals surface area contributed by atoms with Crippen LogP contribution < -0.4 is 4.74 Å². The summed E-state index contributed by atoms with van der Waals surface area (Å²) >= 11 is 0. The number of aliphatic hydroxyl groups is 1. The molecule has 3 nitrogen and oxygen atoms in total. The van der Waals surface area contributed by atoms with Crippen LogP contribution in [0.2, 0.25) is 0 Å². The van der Waals surface area contributed by atoms with Crippen molar-refractivity contribution in [2.75, 3.05) is 7.11 Å². The number of hydrogen-bond donors (Lipinski definition) is 1. The minimum absolute atomic E-state index is 0.0377. The van der Waals surface area contributed by atoms with E-state index in [1.54, 1.807) is 7.11 Å². The molecule has 1 unspecified atom stereocenters. The zero-order valence-electron chi connectivity index (χ0n) is 9.45. The highest BCUT2D eigenvalue weighted by molar-refractivity contribution is 5.37. The van der Waals surface area contributed by atoms with E-state index >= 15 is 0 Å². The zero-order valence-corrected chi connectivity index (χ0v) is 9.45. The minimum atomic E-state index is -0.299. The summed E-state index contributed by atoms with van der Waals surface area (Å²) in [6.45, 7) is 3.83. The standard InChI is InChI=1S/C12H17NO2/c1-8-6-10(7-13-11(8)15-3)12(4-5-12)9(2)14/h6-7,9,14H,4-5H2,1-3H3. The average Bonchev–Trinajstić information content (AvgIpc) is 2.98. The van der Waals surface area contributed by atoms with Crippen LogP contribution in [0.25, 0.3) is 0 Å². The Morgan fingerprint density at radius 2 is 2.20 bits per heavy atom. The van der Waals surface area contributed by atoms with E-state index in [4.69, 9.17) is 4.74 Å². The molecule has 0 amide bonds. The van der Waals surface area contributed by atoms with Crippen molar-refractivity contribution in [3.63, 3.8) is 0 Å². The van der Waals surface area contributed by atoms with E-state index in [-0.39, 0.29) is 11.5 Å². The van der Waals surface area contributed by atoms with Gasteiger partial charge in [-0.1, -0.05) is 0 Å². The zero-order chi connectivity index (χ0) is 11.1. The molecule has 82 valence electrons. The van der Waals surface area contributed by atoms with Gasteiger partial charge >= 0.3 is 0 Å². The molecule has 0 saturated heterocycles.